The lowest BCUT2D eigenvalue weighted by Gasteiger charge is -2.35. The lowest BCUT2D eigenvalue weighted by Crippen LogP contribution is -2.35. The molecule has 1 unspecified atom stereocenters. The van der Waals surface area contributed by atoms with Crippen LogP contribution in [0.2, 0.25) is 0 Å². The fourth-order valence-electron chi connectivity index (χ4n) is 2.68. The molecule has 0 saturated carbocycles. The van der Waals surface area contributed by atoms with E-state index < -0.39 is 17.0 Å². The van der Waals surface area contributed by atoms with Gasteiger partial charge < -0.3 is 5.32 Å². The molecule has 21 heavy (non-hydrogen) atoms. The van der Waals surface area contributed by atoms with Crippen LogP contribution >= 0.6 is 0 Å². The molecule has 0 aliphatic heterocycles. The molecule has 0 bridgehead atoms. The van der Waals surface area contributed by atoms with E-state index in [-0.39, 0.29) is 11.9 Å². The molecule has 0 radical (unpaired) electrons. The SMILES string of the molecule is CNC(c1ccc(F)c(F)c1)C(C)(C)c1ccc(F)cc1. The van der Waals surface area contributed by atoms with Gasteiger partial charge in [0.05, 0.1) is 0 Å². The van der Waals surface area contributed by atoms with Crippen molar-refractivity contribution in [2.24, 2.45) is 0 Å². The summed E-state index contributed by atoms with van der Waals surface area (Å²) in [5.41, 5.74) is 1.13. The van der Waals surface area contributed by atoms with Gasteiger partial charge in [0.25, 0.3) is 0 Å². The fourth-order valence-corrected chi connectivity index (χ4v) is 2.68. The van der Waals surface area contributed by atoms with E-state index >= 15 is 0 Å². The maximum absolute atomic E-state index is 13.5. The van der Waals surface area contributed by atoms with E-state index in [4.69, 9.17) is 0 Å². The van der Waals surface area contributed by atoms with Gasteiger partial charge in [0.2, 0.25) is 0 Å². The molecule has 2 aromatic rings. The van der Waals surface area contributed by atoms with Crippen molar-refractivity contribution in [2.75, 3.05) is 7.05 Å². The van der Waals surface area contributed by atoms with Crippen LogP contribution in [0.1, 0.15) is 31.0 Å². The van der Waals surface area contributed by atoms with Crippen LogP contribution in [0.3, 0.4) is 0 Å². The Morgan fingerprint density at radius 1 is 0.905 bits per heavy atom. The summed E-state index contributed by atoms with van der Waals surface area (Å²) in [6.07, 6.45) is 0. The van der Waals surface area contributed by atoms with Crippen LogP contribution in [0.4, 0.5) is 13.2 Å². The minimum atomic E-state index is -0.873. The maximum atomic E-state index is 13.5. The van der Waals surface area contributed by atoms with Gasteiger partial charge in [-0.2, -0.15) is 0 Å². The standard InChI is InChI=1S/C17H18F3N/c1-17(2,12-5-7-13(18)8-6-12)16(21-3)11-4-9-14(19)15(20)10-11/h4-10,16,21H,1-3H3. The lowest BCUT2D eigenvalue weighted by molar-refractivity contribution is 0.366. The highest BCUT2D eigenvalue weighted by molar-refractivity contribution is 5.32. The van der Waals surface area contributed by atoms with Gasteiger partial charge in [-0.1, -0.05) is 32.0 Å². The van der Waals surface area contributed by atoms with Crippen molar-refractivity contribution in [1.29, 1.82) is 0 Å². The van der Waals surface area contributed by atoms with Crippen molar-refractivity contribution in [3.63, 3.8) is 0 Å². The summed E-state index contributed by atoms with van der Waals surface area (Å²) in [6, 6.07) is 9.85. The highest BCUT2D eigenvalue weighted by atomic mass is 19.2. The number of hydrogen-bond donors (Lipinski definition) is 1. The molecule has 0 amide bonds. The van der Waals surface area contributed by atoms with Crippen LogP contribution in [0.25, 0.3) is 0 Å². The average Bonchev–Trinajstić information content (AvgIpc) is 2.44. The minimum Gasteiger partial charge on any atom is -0.312 e. The van der Waals surface area contributed by atoms with Crippen molar-refractivity contribution in [3.05, 3.63) is 71.0 Å². The van der Waals surface area contributed by atoms with Crippen LogP contribution in [-0.4, -0.2) is 7.05 Å². The number of benzene rings is 2. The van der Waals surface area contributed by atoms with Crippen LogP contribution in [0, 0.1) is 17.5 Å². The zero-order chi connectivity index (χ0) is 15.6. The lowest BCUT2D eigenvalue weighted by atomic mass is 9.75. The second-order valence-electron chi connectivity index (χ2n) is 5.62. The third-order valence-corrected chi connectivity index (χ3v) is 3.88. The van der Waals surface area contributed by atoms with Crippen molar-refractivity contribution in [2.45, 2.75) is 25.3 Å². The molecule has 1 nitrogen and oxygen atoms in total. The highest BCUT2D eigenvalue weighted by Gasteiger charge is 2.32. The van der Waals surface area contributed by atoms with Crippen LogP contribution < -0.4 is 5.32 Å². The number of hydrogen-bond acceptors (Lipinski definition) is 1. The Morgan fingerprint density at radius 2 is 1.52 bits per heavy atom. The Labute approximate surface area is 122 Å². The van der Waals surface area contributed by atoms with Gasteiger partial charge in [-0.15, -0.1) is 0 Å². The van der Waals surface area contributed by atoms with E-state index in [1.165, 1.54) is 18.2 Å². The first-order valence-corrected chi connectivity index (χ1v) is 6.74. The van der Waals surface area contributed by atoms with E-state index in [1.54, 1.807) is 25.2 Å². The Kier molecular flexibility index (Phi) is 4.37. The van der Waals surface area contributed by atoms with Crippen LogP contribution in [0.5, 0.6) is 0 Å². The second-order valence-corrected chi connectivity index (χ2v) is 5.62. The largest absolute Gasteiger partial charge is 0.312 e. The number of likely N-dealkylation sites (N-methyl/N-ethyl adjacent to an activating group) is 1. The smallest absolute Gasteiger partial charge is 0.159 e. The quantitative estimate of drug-likeness (QED) is 0.884. The van der Waals surface area contributed by atoms with Crippen molar-refractivity contribution < 1.29 is 13.2 Å². The van der Waals surface area contributed by atoms with Gasteiger partial charge in [-0.05, 0) is 42.4 Å². The molecule has 0 heterocycles. The molecule has 2 rings (SSSR count). The zero-order valence-corrected chi connectivity index (χ0v) is 12.3. The van der Waals surface area contributed by atoms with E-state index in [2.05, 4.69) is 5.32 Å². The molecule has 0 aliphatic carbocycles. The summed E-state index contributed by atoms with van der Waals surface area (Å²) in [5, 5.41) is 3.14. The molecule has 2 aromatic carbocycles. The number of rotatable bonds is 4. The summed E-state index contributed by atoms with van der Waals surface area (Å²) >= 11 is 0. The molecule has 0 aromatic heterocycles. The van der Waals surface area contributed by atoms with E-state index in [9.17, 15) is 13.2 Å². The Morgan fingerprint density at radius 3 is 2.05 bits per heavy atom. The van der Waals surface area contributed by atoms with E-state index in [1.807, 2.05) is 13.8 Å². The Balaban J connectivity index is 2.43. The van der Waals surface area contributed by atoms with Crippen molar-refractivity contribution >= 4 is 0 Å². The monoisotopic (exact) mass is 293 g/mol. The normalized spacial score (nSPS) is 13.2. The molecule has 1 atom stereocenters. The molecule has 112 valence electrons. The van der Waals surface area contributed by atoms with Crippen molar-refractivity contribution in [1.82, 2.24) is 5.32 Å². The van der Waals surface area contributed by atoms with Crippen molar-refractivity contribution in [3.8, 4) is 0 Å². The van der Waals surface area contributed by atoms with Gasteiger partial charge in [0, 0.05) is 11.5 Å². The first kappa shape index (κ1) is 15.6. The summed E-state index contributed by atoms with van der Waals surface area (Å²) in [7, 11) is 1.76. The molecule has 1 N–H and O–H groups in total. The number of nitrogens with one attached hydrogen (secondary N) is 1. The molecular weight excluding hydrogens is 275 g/mol. The van der Waals surface area contributed by atoms with E-state index in [0.717, 1.165) is 11.6 Å². The first-order valence-electron chi connectivity index (χ1n) is 6.74. The molecule has 4 heteroatoms. The fraction of sp³-hybridized carbons (Fsp3) is 0.294. The van der Waals surface area contributed by atoms with Gasteiger partial charge in [0.1, 0.15) is 5.82 Å². The molecule has 0 saturated heterocycles. The molecular formula is C17H18F3N. The Hall–Kier alpha value is -1.81. The number of halogens is 3. The van der Waals surface area contributed by atoms with Gasteiger partial charge >= 0.3 is 0 Å². The topological polar surface area (TPSA) is 12.0 Å². The van der Waals surface area contributed by atoms with Gasteiger partial charge in [-0.3, -0.25) is 0 Å². The second kappa shape index (κ2) is 5.90. The van der Waals surface area contributed by atoms with Gasteiger partial charge in [0.15, 0.2) is 11.6 Å². The summed E-state index contributed by atoms with van der Waals surface area (Å²) in [5.74, 6) is -2.04. The molecule has 0 aliphatic rings. The highest BCUT2D eigenvalue weighted by Crippen LogP contribution is 2.37. The summed E-state index contributed by atoms with van der Waals surface area (Å²) in [6.45, 7) is 3.95. The first-order chi connectivity index (χ1) is 9.86. The van der Waals surface area contributed by atoms with Crippen LogP contribution in [-0.2, 0) is 5.41 Å². The maximum Gasteiger partial charge on any atom is 0.159 e. The molecule has 0 spiro atoms. The predicted molar refractivity (Wildman–Crippen MR) is 77.6 cm³/mol. The Bertz CT molecular complexity index is 620. The third-order valence-electron chi connectivity index (χ3n) is 3.88. The zero-order valence-electron chi connectivity index (χ0n) is 12.3. The minimum absolute atomic E-state index is 0.238. The van der Waals surface area contributed by atoms with E-state index in [0.29, 0.717) is 5.56 Å². The summed E-state index contributed by atoms with van der Waals surface area (Å²) in [4.78, 5) is 0. The third kappa shape index (κ3) is 3.10. The molecule has 0 fully saturated rings. The van der Waals surface area contributed by atoms with Gasteiger partial charge in [-0.25, -0.2) is 13.2 Å². The predicted octanol–water partition coefficient (Wildman–Crippen LogP) is 4.34. The van der Waals surface area contributed by atoms with Crippen LogP contribution in [0.15, 0.2) is 42.5 Å². The summed E-state index contributed by atoms with van der Waals surface area (Å²) < 4.78 is 39.6. The average molecular weight is 293 g/mol.